The van der Waals surface area contributed by atoms with E-state index in [-0.39, 0.29) is 5.91 Å². The highest BCUT2D eigenvalue weighted by Crippen LogP contribution is 2.39. The van der Waals surface area contributed by atoms with Crippen LogP contribution in [0.3, 0.4) is 0 Å². The zero-order valence-electron chi connectivity index (χ0n) is 5.39. The van der Waals surface area contributed by atoms with Gasteiger partial charge in [-0.25, -0.2) is 0 Å². The number of amides is 1. The second-order valence-electron chi connectivity index (χ2n) is 3.11. The minimum absolute atomic E-state index is 0.256. The number of rotatable bonds is 1. The smallest absolute Gasteiger partial charge is 0.220 e. The van der Waals surface area contributed by atoms with Crippen molar-refractivity contribution >= 4 is 5.91 Å². The maximum absolute atomic E-state index is 10.7. The van der Waals surface area contributed by atoms with Gasteiger partial charge < -0.3 is 5.32 Å². The molecular weight excluding hydrogens is 114 g/mol. The van der Waals surface area contributed by atoms with E-state index in [4.69, 9.17) is 0 Å². The molecule has 50 valence electrons. The van der Waals surface area contributed by atoms with Crippen LogP contribution in [-0.2, 0) is 4.79 Å². The molecule has 1 heterocycles. The fourth-order valence-corrected chi connectivity index (χ4v) is 1.53. The fourth-order valence-electron chi connectivity index (χ4n) is 1.53. The topological polar surface area (TPSA) is 29.1 Å². The molecule has 1 aliphatic carbocycles. The Morgan fingerprint density at radius 3 is 2.56 bits per heavy atom. The van der Waals surface area contributed by atoms with Crippen LogP contribution in [0.4, 0.5) is 0 Å². The molecule has 2 heteroatoms. The summed E-state index contributed by atoms with van der Waals surface area (Å²) in [5.74, 6) is 1.84. The maximum atomic E-state index is 10.7. The maximum Gasteiger partial charge on any atom is 0.220 e. The molecule has 1 saturated carbocycles. The molecule has 1 saturated heterocycles. The fraction of sp³-hybridized carbons (Fsp3) is 0.857. The van der Waals surface area contributed by atoms with Crippen LogP contribution in [0.15, 0.2) is 0 Å². The standard InChI is InChI=1S/C7H11NO/c9-7-3-6(4-8-7)5-1-2-5/h5-6H,1-4H2,(H,8,9)/t6-/m1/s1. The summed E-state index contributed by atoms with van der Waals surface area (Å²) in [5, 5.41) is 2.85. The summed E-state index contributed by atoms with van der Waals surface area (Å²) in [4.78, 5) is 10.7. The average Bonchev–Trinajstić information content (AvgIpc) is 2.58. The van der Waals surface area contributed by atoms with Gasteiger partial charge in [-0.15, -0.1) is 0 Å². The zero-order chi connectivity index (χ0) is 6.27. The molecule has 0 aromatic heterocycles. The third kappa shape index (κ3) is 0.934. The summed E-state index contributed by atoms with van der Waals surface area (Å²) in [6.45, 7) is 0.948. The van der Waals surface area contributed by atoms with Gasteiger partial charge in [-0.05, 0) is 24.7 Å². The Balaban J connectivity index is 1.92. The molecule has 0 radical (unpaired) electrons. The Morgan fingerprint density at radius 1 is 1.33 bits per heavy atom. The summed E-state index contributed by atoms with van der Waals surface area (Å²) in [7, 11) is 0. The molecule has 1 atom stereocenters. The predicted octanol–water partition coefficient (Wildman–Crippen LogP) is 0.532. The van der Waals surface area contributed by atoms with Crippen molar-refractivity contribution < 1.29 is 4.79 Å². The van der Waals surface area contributed by atoms with E-state index in [0.717, 1.165) is 18.9 Å². The van der Waals surface area contributed by atoms with Crippen LogP contribution in [0.5, 0.6) is 0 Å². The first kappa shape index (κ1) is 5.27. The van der Waals surface area contributed by atoms with Gasteiger partial charge in [-0.2, -0.15) is 0 Å². The minimum atomic E-state index is 0.256. The van der Waals surface area contributed by atoms with E-state index < -0.39 is 0 Å². The predicted molar refractivity (Wildman–Crippen MR) is 33.8 cm³/mol. The monoisotopic (exact) mass is 125 g/mol. The molecule has 1 aliphatic heterocycles. The third-order valence-electron chi connectivity index (χ3n) is 2.30. The number of carbonyl (C=O) groups is 1. The van der Waals surface area contributed by atoms with Gasteiger partial charge in [0.1, 0.15) is 0 Å². The highest BCUT2D eigenvalue weighted by molar-refractivity contribution is 5.78. The zero-order valence-corrected chi connectivity index (χ0v) is 5.39. The molecule has 9 heavy (non-hydrogen) atoms. The van der Waals surface area contributed by atoms with Crippen LogP contribution in [-0.4, -0.2) is 12.5 Å². The van der Waals surface area contributed by atoms with Gasteiger partial charge in [-0.1, -0.05) is 0 Å². The second kappa shape index (κ2) is 1.72. The van der Waals surface area contributed by atoms with Gasteiger partial charge in [0.15, 0.2) is 0 Å². The quantitative estimate of drug-likeness (QED) is 0.544. The number of carbonyl (C=O) groups excluding carboxylic acids is 1. The van der Waals surface area contributed by atoms with Crippen molar-refractivity contribution in [3.05, 3.63) is 0 Å². The highest BCUT2D eigenvalue weighted by atomic mass is 16.1. The van der Waals surface area contributed by atoms with Crippen molar-refractivity contribution in [2.75, 3.05) is 6.54 Å². The average molecular weight is 125 g/mol. The Hall–Kier alpha value is -0.530. The number of hydrogen-bond acceptors (Lipinski definition) is 1. The molecule has 0 spiro atoms. The first-order chi connectivity index (χ1) is 4.36. The summed E-state index contributed by atoms with van der Waals surface area (Å²) < 4.78 is 0. The molecule has 1 N–H and O–H groups in total. The molecule has 0 unspecified atom stereocenters. The van der Waals surface area contributed by atoms with E-state index in [9.17, 15) is 4.79 Å². The van der Waals surface area contributed by atoms with Crippen LogP contribution in [0.25, 0.3) is 0 Å². The molecule has 2 rings (SSSR count). The lowest BCUT2D eigenvalue weighted by atomic mass is 10.0. The normalized spacial score (nSPS) is 34.7. The van der Waals surface area contributed by atoms with Gasteiger partial charge in [0.2, 0.25) is 5.91 Å². The van der Waals surface area contributed by atoms with Crippen molar-refractivity contribution in [3.8, 4) is 0 Å². The Labute approximate surface area is 54.6 Å². The van der Waals surface area contributed by atoms with Crippen LogP contribution in [0.1, 0.15) is 19.3 Å². The largest absolute Gasteiger partial charge is 0.356 e. The van der Waals surface area contributed by atoms with E-state index in [1.165, 1.54) is 12.8 Å². The summed E-state index contributed by atoms with van der Waals surface area (Å²) in [6.07, 6.45) is 3.52. The van der Waals surface area contributed by atoms with Crippen molar-refractivity contribution in [1.82, 2.24) is 5.32 Å². The molecule has 0 aromatic rings. The van der Waals surface area contributed by atoms with E-state index in [0.29, 0.717) is 5.92 Å². The molecule has 0 aromatic carbocycles. The van der Waals surface area contributed by atoms with Crippen molar-refractivity contribution in [2.24, 2.45) is 11.8 Å². The van der Waals surface area contributed by atoms with E-state index >= 15 is 0 Å². The SMILES string of the molecule is O=C1C[C@@H](C2CC2)CN1. The lowest BCUT2D eigenvalue weighted by Gasteiger charge is -2.00. The molecular formula is C7H11NO. The summed E-state index contributed by atoms with van der Waals surface area (Å²) in [5.41, 5.74) is 0. The lowest BCUT2D eigenvalue weighted by molar-refractivity contribution is -0.119. The highest BCUT2D eigenvalue weighted by Gasteiger charge is 2.35. The first-order valence-corrected chi connectivity index (χ1v) is 3.63. The summed E-state index contributed by atoms with van der Waals surface area (Å²) >= 11 is 0. The van der Waals surface area contributed by atoms with Crippen LogP contribution < -0.4 is 5.32 Å². The van der Waals surface area contributed by atoms with E-state index in [1.54, 1.807) is 0 Å². The van der Waals surface area contributed by atoms with Crippen molar-refractivity contribution in [3.63, 3.8) is 0 Å². The molecule has 2 fully saturated rings. The van der Waals surface area contributed by atoms with Gasteiger partial charge in [-0.3, -0.25) is 4.79 Å². The number of nitrogens with one attached hydrogen (secondary N) is 1. The first-order valence-electron chi connectivity index (χ1n) is 3.63. The Kier molecular flexibility index (Phi) is 1.01. The van der Waals surface area contributed by atoms with Crippen LogP contribution in [0.2, 0.25) is 0 Å². The molecule has 1 amide bonds. The van der Waals surface area contributed by atoms with Crippen LogP contribution >= 0.6 is 0 Å². The van der Waals surface area contributed by atoms with Gasteiger partial charge in [0.25, 0.3) is 0 Å². The van der Waals surface area contributed by atoms with Crippen molar-refractivity contribution in [2.45, 2.75) is 19.3 Å². The lowest BCUT2D eigenvalue weighted by Crippen LogP contribution is -2.14. The second-order valence-corrected chi connectivity index (χ2v) is 3.11. The third-order valence-corrected chi connectivity index (χ3v) is 2.30. The Bertz CT molecular complexity index is 140. The molecule has 2 nitrogen and oxygen atoms in total. The van der Waals surface area contributed by atoms with Crippen LogP contribution in [0, 0.1) is 11.8 Å². The number of hydrogen-bond donors (Lipinski definition) is 1. The molecule has 0 bridgehead atoms. The van der Waals surface area contributed by atoms with Gasteiger partial charge in [0, 0.05) is 13.0 Å². The minimum Gasteiger partial charge on any atom is -0.356 e. The van der Waals surface area contributed by atoms with Gasteiger partial charge >= 0.3 is 0 Å². The summed E-state index contributed by atoms with van der Waals surface area (Å²) in [6, 6.07) is 0. The Morgan fingerprint density at radius 2 is 2.11 bits per heavy atom. The molecule has 2 aliphatic rings. The van der Waals surface area contributed by atoms with Gasteiger partial charge in [0.05, 0.1) is 0 Å². The van der Waals surface area contributed by atoms with E-state index in [1.807, 2.05) is 0 Å². The van der Waals surface area contributed by atoms with Crippen molar-refractivity contribution in [1.29, 1.82) is 0 Å². The van der Waals surface area contributed by atoms with E-state index in [2.05, 4.69) is 5.32 Å².